The molecular formula is C10H11FN3O7P-2. The van der Waals surface area contributed by atoms with Crippen molar-refractivity contribution >= 4 is 13.6 Å². The van der Waals surface area contributed by atoms with Crippen LogP contribution in [0.3, 0.4) is 0 Å². The number of nitrogens with zero attached hydrogens (tertiary/aromatic N) is 2. The molecule has 1 heterocycles. The lowest BCUT2D eigenvalue weighted by atomic mass is 10.1. The predicted octanol–water partition coefficient (Wildman–Crippen LogP) is -2.83. The molecule has 0 fully saturated rings. The fourth-order valence-electron chi connectivity index (χ4n) is 2.09. The van der Waals surface area contributed by atoms with E-state index in [1.165, 1.54) is 6.07 Å². The number of nitrogens with two attached hydrogens (primary N) is 1. The van der Waals surface area contributed by atoms with Crippen molar-refractivity contribution in [3.8, 4) is 0 Å². The average molecular weight is 335 g/mol. The van der Waals surface area contributed by atoms with E-state index in [4.69, 9.17) is 5.73 Å². The molecule has 3 atom stereocenters. The average Bonchev–Trinajstić information content (AvgIpc) is 2.59. The molecule has 0 aliphatic heterocycles. The maximum atomic E-state index is 14.3. The van der Waals surface area contributed by atoms with E-state index < -0.39 is 49.8 Å². The van der Waals surface area contributed by atoms with Gasteiger partial charge in [-0.1, -0.05) is 0 Å². The molecule has 22 heavy (non-hydrogen) atoms. The van der Waals surface area contributed by atoms with Crippen LogP contribution in [-0.2, 0) is 9.09 Å². The monoisotopic (exact) mass is 335 g/mol. The number of phosphoric acid groups is 1. The second kappa shape index (κ2) is 5.88. The number of nitrogen functional groups attached to an aromatic ring is 1. The largest absolute Gasteiger partial charge is 0.790 e. The van der Waals surface area contributed by atoms with Gasteiger partial charge in [0.25, 0.3) is 0 Å². The van der Waals surface area contributed by atoms with Crippen molar-refractivity contribution in [3.05, 3.63) is 34.1 Å². The Hall–Kier alpha value is -1.62. The molecule has 2 rings (SSSR count). The Morgan fingerprint density at radius 1 is 1.50 bits per heavy atom. The fraction of sp³-hybridized carbons (Fsp3) is 0.400. The first-order valence-electron chi connectivity index (χ1n) is 5.87. The Kier molecular flexibility index (Phi) is 4.47. The quantitative estimate of drug-likeness (QED) is 0.490. The number of aliphatic hydroxyl groups excluding tert-OH is 2. The van der Waals surface area contributed by atoms with Gasteiger partial charge in [-0.2, -0.15) is 4.98 Å². The Balaban J connectivity index is 2.38. The summed E-state index contributed by atoms with van der Waals surface area (Å²) in [5.74, 6) is -1.32. The van der Waals surface area contributed by atoms with Gasteiger partial charge in [0.1, 0.15) is 29.9 Å². The molecule has 0 aromatic carbocycles. The highest BCUT2D eigenvalue weighted by Gasteiger charge is 2.43. The van der Waals surface area contributed by atoms with Gasteiger partial charge in [0, 0.05) is 11.8 Å². The number of phosphoric ester groups is 1. The zero-order valence-electron chi connectivity index (χ0n) is 10.8. The van der Waals surface area contributed by atoms with Gasteiger partial charge in [0.15, 0.2) is 0 Å². The van der Waals surface area contributed by atoms with Crippen LogP contribution in [0.2, 0.25) is 0 Å². The Morgan fingerprint density at radius 2 is 2.14 bits per heavy atom. The van der Waals surface area contributed by atoms with E-state index >= 15 is 0 Å². The molecule has 0 radical (unpaired) electrons. The molecule has 12 heteroatoms. The fourth-order valence-corrected chi connectivity index (χ4v) is 2.38. The van der Waals surface area contributed by atoms with E-state index in [2.05, 4.69) is 9.51 Å². The van der Waals surface area contributed by atoms with Crippen LogP contribution in [0.25, 0.3) is 0 Å². The summed E-state index contributed by atoms with van der Waals surface area (Å²) >= 11 is 0. The van der Waals surface area contributed by atoms with Crippen LogP contribution < -0.4 is 21.2 Å². The number of aromatic nitrogens is 2. The Morgan fingerprint density at radius 3 is 2.68 bits per heavy atom. The van der Waals surface area contributed by atoms with E-state index in [1.807, 2.05) is 0 Å². The van der Waals surface area contributed by atoms with Crippen LogP contribution in [0.4, 0.5) is 10.2 Å². The lowest BCUT2D eigenvalue weighted by Gasteiger charge is -2.29. The minimum absolute atomic E-state index is 0.124. The molecule has 10 nitrogen and oxygen atoms in total. The minimum Gasteiger partial charge on any atom is -0.790 e. The van der Waals surface area contributed by atoms with E-state index in [0.29, 0.717) is 4.57 Å². The molecule has 1 aromatic heterocycles. The third-order valence-corrected chi connectivity index (χ3v) is 3.55. The number of aliphatic hydroxyl groups is 2. The van der Waals surface area contributed by atoms with Gasteiger partial charge in [-0.3, -0.25) is 4.57 Å². The van der Waals surface area contributed by atoms with Crippen LogP contribution in [-0.4, -0.2) is 38.6 Å². The van der Waals surface area contributed by atoms with Gasteiger partial charge >= 0.3 is 5.69 Å². The second-order valence-electron chi connectivity index (χ2n) is 4.52. The second-order valence-corrected chi connectivity index (χ2v) is 5.67. The molecule has 0 saturated heterocycles. The summed E-state index contributed by atoms with van der Waals surface area (Å²) in [5.41, 5.74) is 3.66. The van der Waals surface area contributed by atoms with Crippen LogP contribution >= 0.6 is 7.82 Å². The molecule has 1 aliphatic rings. The maximum Gasteiger partial charge on any atom is 0.350 e. The van der Waals surface area contributed by atoms with E-state index in [1.54, 1.807) is 0 Å². The number of halogens is 1. The number of anilines is 1. The zero-order valence-corrected chi connectivity index (χ0v) is 11.7. The van der Waals surface area contributed by atoms with E-state index in [0.717, 1.165) is 6.20 Å². The number of rotatable bonds is 4. The molecule has 4 N–H and O–H groups in total. The topological polar surface area (TPSA) is 174 Å². The van der Waals surface area contributed by atoms with Gasteiger partial charge in [-0.05, 0) is 6.07 Å². The van der Waals surface area contributed by atoms with Gasteiger partial charge in [-0.25, -0.2) is 9.18 Å². The third kappa shape index (κ3) is 3.24. The first-order valence-corrected chi connectivity index (χ1v) is 7.33. The van der Waals surface area contributed by atoms with Crippen LogP contribution in [0.15, 0.2) is 28.5 Å². The normalized spacial score (nSPS) is 25.8. The van der Waals surface area contributed by atoms with Crippen molar-refractivity contribution in [2.75, 3.05) is 12.3 Å². The van der Waals surface area contributed by atoms with Gasteiger partial charge in [0.2, 0.25) is 0 Å². The summed E-state index contributed by atoms with van der Waals surface area (Å²) in [4.78, 5) is 35.8. The first kappa shape index (κ1) is 16.7. The van der Waals surface area contributed by atoms with Crippen molar-refractivity contribution in [2.24, 2.45) is 0 Å². The van der Waals surface area contributed by atoms with Crippen LogP contribution in [0.1, 0.15) is 6.04 Å². The summed E-state index contributed by atoms with van der Waals surface area (Å²) in [6.07, 6.45) is -2.58. The first-order chi connectivity index (χ1) is 10.1. The van der Waals surface area contributed by atoms with Crippen molar-refractivity contribution in [3.63, 3.8) is 0 Å². The molecule has 122 valence electrons. The molecule has 0 bridgehead atoms. The SMILES string of the molecule is Nc1ccn(C2C(F)=C(COP(=O)([O-])[O-])[C@@H](O)[C@H]2O)c(=O)n1. The van der Waals surface area contributed by atoms with Gasteiger partial charge < -0.3 is 34.8 Å². The predicted molar refractivity (Wildman–Crippen MR) is 65.7 cm³/mol. The highest BCUT2D eigenvalue weighted by atomic mass is 31.2. The molecule has 0 amide bonds. The standard InChI is InChI=1S/C10H13FN3O7P/c11-6-4(3-21-22(18,19)20)8(15)9(16)7(6)14-2-1-5(12)13-10(14)17/h1-2,7-9,15-16H,3H2,(H2,12,13,17)(H2,18,19,20)/p-2/t7?,8-,9+/m1/s1. The molecule has 0 spiro atoms. The summed E-state index contributed by atoms with van der Waals surface area (Å²) in [6, 6.07) is -0.460. The smallest absolute Gasteiger partial charge is 0.350 e. The van der Waals surface area contributed by atoms with E-state index in [-0.39, 0.29) is 5.82 Å². The lowest BCUT2D eigenvalue weighted by Crippen LogP contribution is -2.36. The molecule has 1 unspecified atom stereocenters. The third-order valence-electron chi connectivity index (χ3n) is 3.10. The van der Waals surface area contributed by atoms with Gasteiger partial charge in [0.05, 0.1) is 14.4 Å². The Labute approximate surface area is 122 Å². The lowest BCUT2D eigenvalue weighted by molar-refractivity contribution is -0.341. The van der Waals surface area contributed by atoms with Gasteiger partial charge in [-0.15, -0.1) is 0 Å². The van der Waals surface area contributed by atoms with E-state index in [9.17, 15) is 33.7 Å². The summed E-state index contributed by atoms with van der Waals surface area (Å²) in [5, 5.41) is 19.6. The molecular weight excluding hydrogens is 324 g/mol. The van der Waals surface area contributed by atoms with Crippen molar-refractivity contribution in [1.29, 1.82) is 0 Å². The summed E-state index contributed by atoms with van der Waals surface area (Å²) in [7, 11) is -5.39. The van der Waals surface area contributed by atoms with Crippen LogP contribution in [0, 0.1) is 0 Å². The van der Waals surface area contributed by atoms with Crippen molar-refractivity contribution in [1.82, 2.24) is 9.55 Å². The molecule has 1 aliphatic carbocycles. The number of hydrogen-bond acceptors (Lipinski definition) is 9. The van der Waals surface area contributed by atoms with Crippen molar-refractivity contribution < 1.29 is 33.5 Å². The zero-order chi connectivity index (χ0) is 16.7. The Bertz CT molecular complexity index is 715. The highest BCUT2D eigenvalue weighted by molar-refractivity contribution is 7.43. The molecule has 1 aromatic rings. The maximum absolute atomic E-state index is 14.3. The number of hydrogen-bond donors (Lipinski definition) is 3. The molecule has 0 saturated carbocycles. The highest BCUT2D eigenvalue weighted by Crippen LogP contribution is 2.38. The summed E-state index contributed by atoms with van der Waals surface area (Å²) in [6.45, 7) is -1.07. The van der Waals surface area contributed by atoms with Crippen LogP contribution in [0.5, 0.6) is 0 Å². The minimum atomic E-state index is -5.39. The van der Waals surface area contributed by atoms with Crippen molar-refractivity contribution in [2.45, 2.75) is 18.2 Å². The summed E-state index contributed by atoms with van der Waals surface area (Å²) < 4.78 is 29.2.